The Balaban J connectivity index is 2.72. The van der Waals surface area contributed by atoms with Crippen molar-refractivity contribution in [2.75, 3.05) is 20.3 Å². The number of carbonyl (C=O) groups excluding carboxylic acids is 1. The molecule has 11 nitrogen and oxygen atoms in total. The molecular formula is C28H38FN5O6. The second-order valence-electron chi connectivity index (χ2n) is 10.1. The molecule has 1 aromatic carbocycles. The van der Waals surface area contributed by atoms with Gasteiger partial charge in [-0.1, -0.05) is 5.16 Å². The van der Waals surface area contributed by atoms with Gasteiger partial charge in [-0.15, -0.1) is 0 Å². The summed E-state index contributed by atoms with van der Waals surface area (Å²) in [4.78, 5) is 45.3. The van der Waals surface area contributed by atoms with Gasteiger partial charge in [0.25, 0.3) is 5.56 Å². The molecule has 0 aliphatic rings. The fraction of sp³-hybridized carbons (Fsp3) is 0.536. The van der Waals surface area contributed by atoms with Crippen LogP contribution in [0.5, 0.6) is 5.75 Å². The van der Waals surface area contributed by atoms with Crippen LogP contribution in [-0.2, 0) is 27.5 Å². The van der Waals surface area contributed by atoms with E-state index in [0.717, 1.165) is 4.57 Å². The number of halogens is 1. The summed E-state index contributed by atoms with van der Waals surface area (Å²) in [5, 5.41) is 15.8. The minimum atomic E-state index is -1.12. The maximum atomic E-state index is 14.3. The molecule has 0 aliphatic carbocycles. The van der Waals surface area contributed by atoms with Crippen LogP contribution in [0.3, 0.4) is 0 Å². The first-order chi connectivity index (χ1) is 18.9. The Morgan fingerprint density at radius 2 is 1.98 bits per heavy atom. The van der Waals surface area contributed by atoms with E-state index in [1.54, 1.807) is 27.7 Å². The lowest BCUT2D eigenvalue weighted by molar-refractivity contribution is -0.130. The minimum Gasteiger partial charge on any atom is -0.496 e. The fourth-order valence-corrected chi connectivity index (χ4v) is 3.93. The van der Waals surface area contributed by atoms with E-state index in [2.05, 4.69) is 10.5 Å². The number of nitrogens with one attached hydrogen (secondary N) is 1. The van der Waals surface area contributed by atoms with Gasteiger partial charge in [0.1, 0.15) is 24.3 Å². The lowest BCUT2D eigenvalue weighted by Gasteiger charge is -2.27. The van der Waals surface area contributed by atoms with Crippen molar-refractivity contribution >= 4 is 11.6 Å². The number of benzene rings is 1. The van der Waals surface area contributed by atoms with Crippen LogP contribution in [0.15, 0.2) is 39.1 Å². The van der Waals surface area contributed by atoms with Crippen LogP contribution in [0.2, 0.25) is 0 Å². The van der Waals surface area contributed by atoms with Crippen molar-refractivity contribution in [1.29, 1.82) is 5.26 Å². The zero-order valence-electron chi connectivity index (χ0n) is 24.1. The Labute approximate surface area is 233 Å². The van der Waals surface area contributed by atoms with Crippen molar-refractivity contribution in [2.24, 2.45) is 10.6 Å². The summed E-state index contributed by atoms with van der Waals surface area (Å²) < 4.78 is 27.8. The van der Waals surface area contributed by atoms with Crippen LogP contribution >= 0.6 is 0 Å². The number of rotatable bonds is 14. The number of methoxy groups -OCH3 is 1. The van der Waals surface area contributed by atoms with E-state index in [4.69, 9.17) is 19.6 Å². The quantitative estimate of drug-likeness (QED) is 0.213. The first-order valence-corrected chi connectivity index (χ1v) is 13.0. The van der Waals surface area contributed by atoms with Crippen LogP contribution in [0.1, 0.15) is 65.2 Å². The highest BCUT2D eigenvalue weighted by Gasteiger charge is 2.31. The highest BCUT2D eigenvalue weighted by molar-refractivity contribution is 5.97. The molecule has 1 N–H and O–H groups in total. The van der Waals surface area contributed by atoms with Crippen molar-refractivity contribution < 1.29 is 23.5 Å². The summed E-state index contributed by atoms with van der Waals surface area (Å²) in [5.74, 6) is -0.543. The van der Waals surface area contributed by atoms with Crippen molar-refractivity contribution in [3.8, 4) is 11.8 Å². The van der Waals surface area contributed by atoms with Gasteiger partial charge in [-0.3, -0.25) is 18.7 Å². The highest BCUT2D eigenvalue weighted by Crippen LogP contribution is 2.30. The molecule has 12 heteroatoms. The Kier molecular flexibility index (Phi) is 11.6. The smallest absolute Gasteiger partial charge is 0.331 e. The summed E-state index contributed by atoms with van der Waals surface area (Å²) in [7, 11) is 1.42. The van der Waals surface area contributed by atoms with Gasteiger partial charge in [0, 0.05) is 24.3 Å². The summed E-state index contributed by atoms with van der Waals surface area (Å²) in [6.45, 7) is 10.1. The largest absolute Gasteiger partial charge is 0.496 e. The number of oxime groups is 1. The molecule has 1 aromatic heterocycles. The number of hydrogen-bond acceptors (Lipinski definition) is 8. The van der Waals surface area contributed by atoms with E-state index >= 15 is 0 Å². The van der Waals surface area contributed by atoms with Crippen LogP contribution in [0.4, 0.5) is 4.39 Å². The summed E-state index contributed by atoms with van der Waals surface area (Å²) in [6.07, 6.45) is 0.483. The molecule has 0 radical (unpaired) electrons. The molecule has 0 saturated carbocycles. The topological polar surface area (TPSA) is 137 Å². The monoisotopic (exact) mass is 559 g/mol. The second-order valence-corrected chi connectivity index (χ2v) is 10.1. The van der Waals surface area contributed by atoms with Gasteiger partial charge >= 0.3 is 5.69 Å². The Morgan fingerprint density at radius 1 is 1.27 bits per heavy atom. The Hall–Kier alpha value is -3.98. The van der Waals surface area contributed by atoms with Crippen molar-refractivity contribution in [3.05, 3.63) is 62.2 Å². The molecule has 2 rings (SSSR count). The Bertz CT molecular complexity index is 1370. The molecule has 40 heavy (non-hydrogen) atoms. The average molecular weight is 560 g/mol. The van der Waals surface area contributed by atoms with Crippen LogP contribution < -0.4 is 21.3 Å². The van der Waals surface area contributed by atoms with E-state index in [1.807, 2.05) is 19.9 Å². The molecule has 0 saturated heterocycles. The van der Waals surface area contributed by atoms with E-state index in [1.165, 1.54) is 36.1 Å². The summed E-state index contributed by atoms with van der Waals surface area (Å²) >= 11 is 0. The molecule has 0 spiro atoms. The van der Waals surface area contributed by atoms with Crippen LogP contribution in [-0.4, -0.2) is 47.1 Å². The molecule has 1 unspecified atom stereocenters. The van der Waals surface area contributed by atoms with Gasteiger partial charge in [-0.2, -0.15) is 5.26 Å². The number of aromatic nitrogens is 2. The maximum Gasteiger partial charge on any atom is 0.331 e. The number of ether oxygens (including phenoxy) is 2. The van der Waals surface area contributed by atoms with E-state index in [0.29, 0.717) is 11.3 Å². The predicted octanol–water partition coefficient (Wildman–Crippen LogP) is 3.14. The normalized spacial score (nSPS) is 12.7. The van der Waals surface area contributed by atoms with Gasteiger partial charge in [0.05, 0.1) is 49.4 Å². The number of amides is 1. The van der Waals surface area contributed by atoms with Crippen molar-refractivity contribution in [2.45, 2.75) is 73.2 Å². The molecule has 1 atom stereocenters. The Morgan fingerprint density at radius 3 is 2.58 bits per heavy atom. The molecule has 1 heterocycles. The molecule has 1 amide bonds. The molecule has 0 bridgehead atoms. The van der Waals surface area contributed by atoms with Gasteiger partial charge in [-0.05, 0) is 59.7 Å². The zero-order chi connectivity index (χ0) is 30.0. The van der Waals surface area contributed by atoms with Gasteiger partial charge in [0.2, 0.25) is 5.91 Å². The highest BCUT2D eigenvalue weighted by atomic mass is 19.1. The lowest BCUT2D eigenvalue weighted by Crippen LogP contribution is -2.49. The van der Waals surface area contributed by atoms with Crippen LogP contribution in [0.25, 0.3) is 0 Å². The van der Waals surface area contributed by atoms with E-state index in [9.17, 15) is 18.8 Å². The fourth-order valence-electron chi connectivity index (χ4n) is 3.93. The first kappa shape index (κ1) is 32.2. The third-order valence-corrected chi connectivity index (χ3v) is 5.98. The SMILES string of the molecule is CCO/N=C(\C)c1cn(CC(OCCC#N)c2cc(F)ccc2OC)c(=O)n(CC(C)(C)C(=O)NC(C)C)c1=O. The van der Waals surface area contributed by atoms with E-state index < -0.39 is 28.6 Å². The first-order valence-electron chi connectivity index (χ1n) is 13.0. The van der Waals surface area contributed by atoms with Crippen molar-refractivity contribution in [3.63, 3.8) is 0 Å². The molecular weight excluding hydrogens is 521 g/mol. The number of nitriles is 1. The maximum absolute atomic E-state index is 14.3. The lowest BCUT2D eigenvalue weighted by atomic mass is 9.91. The number of nitrogens with zero attached hydrogens (tertiary/aromatic N) is 4. The third kappa shape index (κ3) is 8.26. The van der Waals surface area contributed by atoms with Crippen molar-refractivity contribution in [1.82, 2.24) is 14.5 Å². The summed E-state index contributed by atoms with van der Waals surface area (Å²) in [5.41, 5.74) is -1.84. The predicted molar refractivity (Wildman–Crippen MR) is 148 cm³/mol. The third-order valence-electron chi connectivity index (χ3n) is 5.98. The molecule has 2 aromatic rings. The van der Waals surface area contributed by atoms with Gasteiger partial charge in [0.15, 0.2) is 0 Å². The standard InChI is InChI=1S/C28H38FN5O6/c1-8-40-32-19(4)22-15-33(27(37)34(25(22)35)17-28(5,6)26(36)31-18(2)3)16-24(39-13-9-12-30)21-14-20(29)10-11-23(21)38-7/h10-11,14-15,18,24H,8-9,13,16-17H2,1-7H3,(H,31,36)/b32-19+. The average Bonchev–Trinajstić information content (AvgIpc) is 2.90. The minimum absolute atomic E-state index is 0.00924. The number of carbonyl (C=O) groups is 1. The second kappa shape index (κ2) is 14.4. The molecule has 0 fully saturated rings. The molecule has 218 valence electrons. The number of hydrogen-bond donors (Lipinski definition) is 1. The van der Waals surface area contributed by atoms with E-state index in [-0.39, 0.29) is 55.9 Å². The molecule has 0 aliphatic heterocycles. The van der Waals surface area contributed by atoms with Gasteiger partial charge < -0.3 is 19.6 Å². The van der Waals surface area contributed by atoms with Gasteiger partial charge in [-0.25, -0.2) is 9.18 Å². The zero-order valence-corrected chi connectivity index (χ0v) is 24.1. The van der Waals surface area contributed by atoms with Crippen LogP contribution in [0, 0.1) is 22.6 Å². The summed E-state index contributed by atoms with van der Waals surface area (Å²) in [6, 6.07) is 5.76.